The lowest BCUT2D eigenvalue weighted by Crippen LogP contribution is -2.39. The predicted octanol–water partition coefficient (Wildman–Crippen LogP) is 5.40. The fraction of sp³-hybridized carbons (Fsp3) is 0.200. The van der Waals surface area contributed by atoms with E-state index in [1.165, 1.54) is 30.5 Å². The maximum Gasteiger partial charge on any atom is 0.255 e. The molecule has 3 aromatic rings. The first kappa shape index (κ1) is 26.8. The van der Waals surface area contributed by atoms with E-state index in [2.05, 4.69) is 10.5 Å². The molecule has 3 rings (SSSR count). The van der Waals surface area contributed by atoms with Gasteiger partial charge in [0.2, 0.25) is 10.0 Å². The molecule has 0 saturated heterocycles. The number of halogens is 3. The Labute approximate surface area is 214 Å². The van der Waals surface area contributed by atoms with Crippen molar-refractivity contribution in [1.82, 2.24) is 9.73 Å². The summed E-state index contributed by atoms with van der Waals surface area (Å²) in [6.07, 6.45) is 1.34. The molecule has 0 aliphatic rings. The number of nitrogens with one attached hydrogen (secondary N) is 1. The van der Waals surface area contributed by atoms with Gasteiger partial charge in [0, 0.05) is 6.54 Å². The summed E-state index contributed by atoms with van der Waals surface area (Å²) in [4.78, 5) is 12.8. The van der Waals surface area contributed by atoms with Crippen LogP contribution in [0.2, 0.25) is 10.0 Å². The molecule has 0 fully saturated rings. The predicted molar refractivity (Wildman–Crippen MR) is 137 cm³/mol. The monoisotopic (exact) mass is 535 g/mol. The number of hydrazone groups is 1. The number of hydrogen-bond donors (Lipinski definition) is 1. The summed E-state index contributed by atoms with van der Waals surface area (Å²) in [6.45, 7) is 4.72. The third-order valence-corrected chi connectivity index (χ3v) is 7.98. The van der Waals surface area contributed by atoms with Gasteiger partial charge in [0.1, 0.15) is 5.82 Å². The van der Waals surface area contributed by atoms with E-state index in [-0.39, 0.29) is 16.5 Å². The molecule has 1 amide bonds. The summed E-state index contributed by atoms with van der Waals surface area (Å²) < 4.78 is 41.5. The van der Waals surface area contributed by atoms with Crippen molar-refractivity contribution < 1.29 is 17.6 Å². The molecule has 1 N–H and O–H groups in total. The number of amides is 1. The average molecular weight is 536 g/mol. The fourth-order valence-electron chi connectivity index (χ4n) is 3.69. The summed E-state index contributed by atoms with van der Waals surface area (Å²) in [5.74, 6) is -1.04. The highest BCUT2D eigenvalue weighted by Gasteiger charge is 2.30. The van der Waals surface area contributed by atoms with Gasteiger partial charge in [0.15, 0.2) is 0 Å². The highest BCUT2D eigenvalue weighted by Crippen LogP contribution is 2.28. The number of nitrogens with zero attached hydrogens (tertiary/aromatic N) is 2. The van der Waals surface area contributed by atoms with Crippen LogP contribution in [0.3, 0.4) is 0 Å². The Kier molecular flexibility index (Phi) is 8.66. The van der Waals surface area contributed by atoms with Crippen molar-refractivity contribution in [2.45, 2.75) is 32.2 Å². The highest BCUT2D eigenvalue weighted by molar-refractivity contribution is 7.89. The Balaban J connectivity index is 1.89. The van der Waals surface area contributed by atoms with Gasteiger partial charge in [-0.2, -0.15) is 9.41 Å². The molecule has 0 atom stereocenters. The number of hydrogen-bond acceptors (Lipinski definition) is 4. The third-order valence-electron chi connectivity index (χ3n) is 5.14. The normalized spacial score (nSPS) is 11.9. The van der Waals surface area contributed by atoms with Gasteiger partial charge in [-0.1, -0.05) is 59.1 Å². The molecular weight excluding hydrogens is 512 g/mol. The number of sulfonamides is 1. The average Bonchev–Trinajstić information content (AvgIpc) is 2.76. The second-order valence-corrected chi connectivity index (χ2v) is 10.8. The van der Waals surface area contributed by atoms with E-state index in [0.717, 1.165) is 9.87 Å². The van der Waals surface area contributed by atoms with Gasteiger partial charge in [-0.15, -0.1) is 0 Å². The van der Waals surface area contributed by atoms with Crippen LogP contribution in [0, 0.1) is 26.6 Å². The zero-order valence-corrected chi connectivity index (χ0v) is 21.7. The largest absolute Gasteiger partial charge is 0.272 e. The molecular formula is C25H24Cl2FN3O3S. The van der Waals surface area contributed by atoms with Gasteiger partial charge in [-0.25, -0.2) is 18.2 Å². The molecule has 0 aromatic heterocycles. The molecule has 35 heavy (non-hydrogen) atoms. The van der Waals surface area contributed by atoms with Crippen LogP contribution in [0.15, 0.2) is 64.6 Å². The summed E-state index contributed by atoms with van der Waals surface area (Å²) in [7, 11) is -4.07. The van der Waals surface area contributed by atoms with Crippen LogP contribution in [0.5, 0.6) is 0 Å². The van der Waals surface area contributed by atoms with Gasteiger partial charge in [0.05, 0.1) is 27.7 Å². The number of aryl methyl sites for hydroxylation is 3. The Morgan fingerprint density at radius 1 is 1.00 bits per heavy atom. The number of rotatable bonds is 8. The first-order valence-corrected chi connectivity index (χ1v) is 12.8. The Bertz CT molecular complexity index is 1350. The highest BCUT2D eigenvalue weighted by atomic mass is 35.5. The maximum absolute atomic E-state index is 13.7. The summed E-state index contributed by atoms with van der Waals surface area (Å²) >= 11 is 12.1. The van der Waals surface area contributed by atoms with E-state index in [4.69, 9.17) is 23.2 Å². The van der Waals surface area contributed by atoms with Crippen molar-refractivity contribution in [3.05, 3.63) is 98.3 Å². The van der Waals surface area contributed by atoms with Gasteiger partial charge in [-0.05, 0) is 67.3 Å². The Hall–Kier alpha value is -2.78. The van der Waals surface area contributed by atoms with Crippen molar-refractivity contribution in [2.24, 2.45) is 5.10 Å². The van der Waals surface area contributed by atoms with Crippen LogP contribution in [-0.4, -0.2) is 31.4 Å². The maximum atomic E-state index is 13.7. The van der Waals surface area contributed by atoms with E-state index in [1.807, 2.05) is 6.92 Å². The molecule has 0 heterocycles. The van der Waals surface area contributed by atoms with Crippen LogP contribution in [0.25, 0.3) is 0 Å². The van der Waals surface area contributed by atoms with Crippen LogP contribution in [0.4, 0.5) is 4.39 Å². The molecule has 0 aliphatic heterocycles. The molecule has 0 unspecified atom stereocenters. The lowest BCUT2D eigenvalue weighted by molar-refractivity contribution is -0.121. The standard InChI is InChI=1S/C25H24Cl2FN3O3S/c1-16-10-17(2)25(18(3)11-16)35(33,34)31(14-20-6-9-22(26)23(27)12-20)15-24(32)30-29-13-19-4-7-21(28)8-5-19/h4-13H,14-15H2,1-3H3,(H,30,32)/b29-13+. The molecule has 0 spiro atoms. The van der Waals surface area contributed by atoms with Crippen molar-refractivity contribution in [1.29, 1.82) is 0 Å². The fourth-order valence-corrected chi connectivity index (χ4v) is 5.81. The summed E-state index contributed by atoms with van der Waals surface area (Å²) in [5, 5.41) is 4.46. The van der Waals surface area contributed by atoms with E-state index in [0.29, 0.717) is 27.3 Å². The first-order valence-electron chi connectivity index (χ1n) is 10.6. The lowest BCUT2D eigenvalue weighted by Gasteiger charge is -2.24. The van der Waals surface area contributed by atoms with E-state index in [1.54, 1.807) is 44.2 Å². The molecule has 0 aliphatic carbocycles. The quantitative estimate of drug-likeness (QED) is 0.310. The number of carbonyl (C=O) groups excluding carboxylic acids is 1. The second-order valence-electron chi connectivity index (χ2n) is 8.09. The van der Waals surface area contributed by atoms with Gasteiger partial charge in [0.25, 0.3) is 5.91 Å². The van der Waals surface area contributed by atoms with Crippen molar-refractivity contribution in [2.75, 3.05) is 6.54 Å². The lowest BCUT2D eigenvalue weighted by atomic mass is 10.1. The van der Waals surface area contributed by atoms with E-state index in [9.17, 15) is 17.6 Å². The minimum Gasteiger partial charge on any atom is -0.272 e. The van der Waals surface area contributed by atoms with E-state index < -0.39 is 28.3 Å². The summed E-state index contributed by atoms with van der Waals surface area (Å²) in [6, 6.07) is 13.9. The summed E-state index contributed by atoms with van der Waals surface area (Å²) in [5.41, 5.74) is 5.55. The minimum atomic E-state index is -4.07. The van der Waals surface area contributed by atoms with Crippen molar-refractivity contribution in [3.8, 4) is 0 Å². The van der Waals surface area contributed by atoms with Crippen LogP contribution in [0.1, 0.15) is 27.8 Å². The third kappa shape index (κ3) is 6.89. The molecule has 184 valence electrons. The van der Waals surface area contributed by atoms with Crippen LogP contribution >= 0.6 is 23.2 Å². The van der Waals surface area contributed by atoms with Crippen LogP contribution < -0.4 is 5.43 Å². The van der Waals surface area contributed by atoms with Gasteiger partial charge >= 0.3 is 0 Å². The number of benzene rings is 3. The molecule has 3 aromatic carbocycles. The molecule has 10 heteroatoms. The Morgan fingerprint density at radius 3 is 2.23 bits per heavy atom. The topological polar surface area (TPSA) is 78.8 Å². The minimum absolute atomic E-state index is 0.110. The van der Waals surface area contributed by atoms with Crippen molar-refractivity contribution in [3.63, 3.8) is 0 Å². The SMILES string of the molecule is Cc1cc(C)c(S(=O)(=O)N(CC(=O)N/N=C/c2ccc(F)cc2)Cc2ccc(Cl)c(Cl)c2)c(C)c1. The molecule has 6 nitrogen and oxygen atoms in total. The molecule has 0 radical (unpaired) electrons. The Morgan fingerprint density at radius 2 is 1.63 bits per heavy atom. The van der Waals surface area contributed by atoms with E-state index >= 15 is 0 Å². The van der Waals surface area contributed by atoms with Crippen LogP contribution in [-0.2, 0) is 21.4 Å². The smallest absolute Gasteiger partial charge is 0.255 e. The first-order chi connectivity index (χ1) is 16.5. The molecule has 0 saturated carbocycles. The second kappa shape index (κ2) is 11.3. The zero-order chi connectivity index (χ0) is 25.8. The number of carbonyl (C=O) groups is 1. The zero-order valence-electron chi connectivity index (χ0n) is 19.3. The molecule has 0 bridgehead atoms. The van der Waals surface area contributed by atoms with Crippen molar-refractivity contribution >= 4 is 45.3 Å². The van der Waals surface area contributed by atoms with Gasteiger partial charge in [-0.3, -0.25) is 4.79 Å². The van der Waals surface area contributed by atoms with Gasteiger partial charge < -0.3 is 0 Å².